The average Bonchev–Trinajstić information content (AvgIpc) is 4.01. The van der Waals surface area contributed by atoms with E-state index in [-0.39, 0.29) is 29.7 Å². The fourth-order valence-electron chi connectivity index (χ4n) is 8.16. The van der Waals surface area contributed by atoms with Gasteiger partial charge in [0.15, 0.2) is 5.82 Å². The molecule has 1 aromatic heterocycles. The maximum atomic E-state index is 17.4. The van der Waals surface area contributed by atoms with E-state index in [1.807, 2.05) is 40.7 Å². The second-order valence-corrected chi connectivity index (χ2v) is 16.7. The Kier molecular flexibility index (Phi) is 8.49. The van der Waals surface area contributed by atoms with E-state index < -0.39 is 11.4 Å². The number of piperazine rings is 1. The van der Waals surface area contributed by atoms with Gasteiger partial charge in [-0.1, -0.05) is 23.7 Å². The smallest absolute Gasteiger partial charge is 0.410 e. The molecule has 0 radical (unpaired) electrons. The standard InChI is InChI=1S/C39H49ClFN7O2/c1-21-7-8-25-18-42-34(24-9-10-24)31(25)30(21)32-29(40)17-28-35(33(32)41)44-37(43-26-13-15-46(16-14-26)27-11-12-27)45-36(28)47-19-23(3)48(20-22(47)2)38(49)50-39(4,5)6/h7-8,17,22-24,26-27H,9-16,18-20H2,1-6H3,(H,43,44,45)/t22-,23+/m0/s1. The number of anilines is 2. The lowest BCUT2D eigenvalue weighted by molar-refractivity contribution is 0.0130. The summed E-state index contributed by atoms with van der Waals surface area (Å²) in [7, 11) is 0. The minimum Gasteiger partial charge on any atom is -0.444 e. The zero-order valence-corrected chi connectivity index (χ0v) is 30.9. The van der Waals surface area contributed by atoms with E-state index in [2.05, 4.69) is 34.2 Å². The summed E-state index contributed by atoms with van der Waals surface area (Å²) in [5.74, 6) is 1.04. The van der Waals surface area contributed by atoms with Gasteiger partial charge in [0.2, 0.25) is 5.95 Å². The van der Waals surface area contributed by atoms with Crippen LogP contribution in [0.5, 0.6) is 0 Å². The molecule has 11 heteroatoms. The highest BCUT2D eigenvalue weighted by Crippen LogP contribution is 2.46. The minimum atomic E-state index is -0.593. The van der Waals surface area contributed by atoms with Gasteiger partial charge in [0.25, 0.3) is 0 Å². The number of halogens is 2. The first kappa shape index (κ1) is 33.6. The van der Waals surface area contributed by atoms with E-state index >= 15 is 4.39 Å². The predicted octanol–water partition coefficient (Wildman–Crippen LogP) is 7.98. The third kappa shape index (κ3) is 6.31. The largest absolute Gasteiger partial charge is 0.444 e. The number of carbonyl (C=O) groups is 1. The molecule has 8 rings (SSSR count). The fraction of sp³-hybridized carbons (Fsp3) is 0.590. The van der Waals surface area contributed by atoms with Crippen LogP contribution in [0.25, 0.3) is 22.0 Å². The first-order chi connectivity index (χ1) is 23.9. The van der Waals surface area contributed by atoms with E-state index in [0.29, 0.717) is 53.3 Å². The number of likely N-dealkylation sites (tertiary alicyclic amines) is 1. The van der Waals surface area contributed by atoms with Gasteiger partial charge in [-0.05, 0) is 103 Å². The maximum absolute atomic E-state index is 17.4. The topological polar surface area (TPSA) is 86.2 Å². The lowest BCUT2D eigenvalue weighted by atomic mass is 9.88. The molecule has 2 aromatic carbocycles. The Morgan fingerprint density at radius 3 is 2.40 bits per heavy atom. The van der Waals surface area contributed by atoms with Crippen molar-refractivity contribution in [1.82, 2.24) is 19.8 Å². The fourth-order valence-corrected chi connectivity index (χ4v) is 8.44. The highest BCUT2D eigenvalue weighted by molar-refractivity contribution is 6.35. The molecule has 0 bridgehead atoms. The van der Waals surface area contributed by atoms with Crippen LogP contribution < -0.4 is 10.2 Å². The van der Waals surface area contributed by atoms with Crippen molar-refractivity contribution in [2.75, 3.05) is 36.4 Å². The van der Waals surface area contributed by atoms with Crippen LogP contribution in [0.4, 0.5) is 21.0 Å². The minimum absolute atomic E-state index is 0.120. The van der Waals surface area contributed by atoms with Gasteiger partial charge in [0, 0.05) is 78.5 Å². The molecule has 3 aliphatic heterocycles. The molecule has 2 saturated heterocycles. The first-order valence-corrected chi connectivity index (χ1v) is 18.9. The van der Waals surface area contributed by atoms with Crippen molar-refractivity contribution < 1.29 is 13.9 Å². The highest BCUT2D eigenvalue weighted by Gasteiger charge is 2.39. The zero-order chi connectivity index (χ0) is 35.1. The van der Waals surface area contributed by atoms with E-state index in [1.165, 1.54) is 12.8 Å². The summed E-state index contributed by atoms with van der Waals surface area (Å²) in [6.07, 6.45) is 6.47. The highest BCUT2D eigenvalue weighted by atomic mass is 35.5. The summed E-state index contributed by atoms with van der Waals surface area (Å²) in [6.45, 7) is 15.4. The molecule has 5 aliphatic rings. The molecule has 4 fully saturated rings. The molecule has 2 aliphatic carbocycles. The Labute approximate surface area is 299 Å². The van der Waals surface area contributed by atoms with Gasteiger partial charge in [-0.3, -0.25) is 4.99 Å². The summed E-state index contributed by atoms with van der Waals surface area (Å²) in [4.78, 5) is 34.7. The molecule has 0 spiro atoms. The van der Waals surface area contributed by atoms with Crippen LogP contribution in [0.2, 0.25) is 5.02 Å². The van der Waals surface area contributed by atoms with Crippen molar-refractivity contribution in [3.63, 3.8) is 0 Å². The molecule has 9 nitrogen and oxygen atoms in total. The van der Waals surface area contributed by atoms with Crippen molar-refractivity contribution in [3.8, 4) is 11.1 Å². The number of ether oxygens (including phenoxy) is 1. The number of hydrogen-bond acceptors (Lipinski definition) is 8. The Morgan fingerprint density at radius 2 is 1.72 bits per heavy atom. The summed E-state index contributed by atoms with van der Waals surface area (Å²) >= 11 is 7.16. The number of benzene rings is 2. The number of nitrogens with zero attached hydrogens (tertiary/aromatic N) is 6. The summed E-state index contributed by atoms with van der Waals surface area (Å²) < 4.78 is 23.2. The van der Waals surface area contributed by atoms with E-state index in [4.69, 9.17) is 31.3 Å². The number of aromatic nitrogens is 2. The number of piperidine rings is 1. The Bertz CT molecular complexity index is 1880. The molecule has 3 aromatic rings. The van der Waals surface area contributed by atoms with Crippen LogP contribution in [0.3, 0.4) is 0 Å². The second-order valence-electron chi connectivity index (χ2n) is 16.3. The Balaban J connectivity index is 1.21. The van der Waals surface area contributed by atoms with E-state index in [0.717, 1.165) is 72.8 Å². The molecule has 1 N–H and O–H groups in total. The van der Waals surface area contributed by atoms with Gasteiger partial charge in [0.05, 0.1) is 11.6 Å². The van der Waals surface area contributed by atoms with Gasteiger partial charge in [-0.2, -0.15) is 4.98 Å². The van der Waals surface area contributed by atoms with Gasteiger partial charge < -0.3 is 24.8 Å². The molecule has 1 amide bonds. The van der Waals surface area contributed by atoms with Gasteiger partial charge >= 0.3 is 6.09 Å². The van der Waals surface area contributed by atoms with Crippen molar-refractivity contribution in [2.24, 2.45) is 10.9 Å². The molecule has 4 heterocycles. The van der Waals surface area contributed by atoms with E-state index in [1.54, 1.807) is 4.90 Å². The molecule has 2 saturated carbocycles. The van der Waals surface area contributed by atoms with Crippen molar-refractivity contribution >= 4 is 46.1 Å². The monoisotopic (exact) mass is 701 g/mol. The molecular formula is C39H49ClFN7O2. The molecule has 0 unspecified atom stereocenters. The Morgan fingerprint density at radius 1 is 0.980 bits per heavy atom. The van der Waals surface area contributed by atoms with Crippen LogP contribution in [0, 0.1) is 18.7 Å². The zero-order valence-electron chi connectivity index (χ0n) is 30.2. The van der Waals surface area contributed by atoms with Crippen LogP contribution in [0.1, 0.15) is 89.8 Å². The van der Waals surface area contributed by atoms with Crippen LogP contribution >= 0.6 is 11.6 Å². The third-order valence-corrected chi connectivity index (χ3v) is 11.4. The van der Waals surface area contributed by atoms with Crippen molar-refractivity contribution in [3.05, 3.63) is 45.7 Å². The van der Waals surface area contributed by atoms with Gasteiger partial charge in [-0.15, -0.1) is 0 Å². The third-order valence-electron chi connectivity index (χ3n) is 11.1. The molecule has 266 valence electrons. The van der Waals surface area contributed by atoms with Crippen LogP contribution in [-0.4, -0.2) is 87.5 Å². The lowest BCUT2D eigenvalue weighted by Gasteiger charge is -2.45. The average molecular weight is 702 g/mol. The normalized spacial score (nSPS) is 23.3. The second kappa shape index (κ2) is 12.6. The van der Waals surface area contributed by atoms with Crippen LogP contribution in [0.15, 0.2) is 23.2 Å². The summed E-state index contributed by atoms with van der Waals surface area (Å²) in [5.41, 5.74) is 5.09. The SMILES string of the molecule is Cc1ccc2c(c1-c1c(Cl)cc3c(N4C[C@@H](C)N(C(=O)OC(C)(C)C)C[C@@H]4C)nc(NC4CCN(C5CC5)CC4)nc3c1F)C(C1CC1)=NC2. The van der Waals surface area contributed by atoms with Gasteiger partial charge in [0.1, 0.15) is 16.9 Å². The number of amides is 1. The number of carbonyl (C=O) groups excluding carboxylic acids is 1. The number of hydrogen-bond donors (Lipinski definition) is 1. The van der Waals surface area contributed by atoms with Crippen LogP contribution in [-0.2, 0) is 11.3 Å². The number of rotatable bonds is 6. The molecule has 50 heavy (non-hydrogen) atoms. The van der Waals surface area contributed by atoms with E-state index in [9.17, 15) is 4.79 Å². The van der Waals surface area contributed by atoms with Crippen molar-refractivity contribution in [2.45, 2.75) is 116 Å². The number of nitrogens with one attached hydrogen (secondary N) is 1. The number of fused-ring (bicyclic) bond motifs is 2. The first-order valence-electron chi connectivity index (χ1n) is 18.5. The van der Waals surface area contributed by atoms with Crippen molar-refractivity contribution in [1.29, 1.82) is 0 Å². The quantitative estimate of drug-likeness (QED) is 0.279. The number of aryl methyl sites for hydroxylation is 1. The Hall–Kier alpha value is -3.50. The summed E-state index contributed by atoms with van der Waals surface area (Å²) in [6, 6.07) is 6.68. The molecule has 2 atom stereocenters. The maximum Gasteiger partial charge on any atom is 0.410 e. The molecular weight excluding hydrogens is 653 g/mol. The van der Waals surface area contributed by atoms with Gasteiger partial charge in [-0.25, -0.2) is 14.2 Å². The predicted molar refractivity (Wildman–Crippen MR) is 198 cm³/mol. The lowest BCUT2D eigenvalue weighted by Crippen LogP contribution is -2.59. The summed E-state index contributed by atoms with van der Waals surface area (Å²) in [5, 5.41) is 4.52. The number of aliphatic imine (C=N–C) groups is 1.